The summed E-state index contributed by atoms with van der Waals surface area (Å²) in [5, 5.41) is 0. The number of nitrogens with zero attached hydrogens (tertiary/aromatic N) is 1. The number of nitrogens with two attached hydrogens (primary N) is 1. The second kappa shape index (κ2) is 6.02. The van der Waals surface area contributed by atoms with Gasteiger partial charge in [-0.2, -0.15) is 0 Å². The van der Waals surface area contributed by atoms with Crippen LogP contribution in [0.5, 0.6) is 0 Å². The van der Waals surface area contributed by atoms with Crippen molar-refractivity contribution in [2.24, 2.45) is 11.7 Å². The number of rotatable bonds is 6. The quantitative estimate of drug-likeness (QED) is 0.754. The molecule has 0 heterocycles. The normalized spacial score (nSPS) is 20.2. The van der Waals surface area contributed by atoms with Gasteiger partial charge in [-0.05, 0) is 39.0 Å². The van der Waals surface area contributed by atoms with Crippen LogP contribution in [0.2, 0.25) is 0 Å². The van der Waals surface area contributed by atoms with E-state index in [1.807, 2.05) is 0 Å². The maximum Gasteiger partial charge on any atom is 0.0166 e. The molecule has 0 bridgehead atoms. The first kappa shape index (κ1) is 14.0. The second-order valence-corrected chi connectivity index (χ2v) is 6.30. The molecule has 0 saturated heterocycles. The molecule has 0 unspecified atom stereocenters. The Hall–Kier alpha value is -0.0800. The van der Waals surface area contributed by atoms with Gasteiger partial charge in [0.25, 0.3) is 0 Å². The lowest BCUT2D eigenvalue weighted by molar-refractivity contribution is 0.177. The van der Waals surface area contributed by atoms with Gasteiger partial charge in [0.05, 0.1) is 0 Å². The zero-order chi connectivity index (χ0) is 12.2. The van der Waals surface area contributed by atoms with E-state index in [4.69, 9.17) is 5.73 Å². The number of hydrogen-bond donors (Lipinski definition) is 1. The van der Waals surface area contributed by atoms with Crippen molar-refractivity contribution in [3.05, 3.63) is 0 Å². The van der Waals surface area contributed by atoms with Crippen molar-refractivity contribution in [2.45, 2.75) is 71.4 Å². The summed E-state index contributed by atoms with van der Waals surface area (Å²) in [4.78, 5) is 2.58. The molecule has 0 amide bonds. The van der Waals surface area contributed by atoms with E-state index in [9.17, 15) is 0 Å². The lowest BCUT2D eigenvalue weighted by Crippen LogP contribution is -2.43. The van der Waals surface area contributed by atoms with Gasteiger partial charge in [-0.3, -0.25) is 0 Å². The molecule has 1 saturated carbocycles. The molecular weight excluding hydrogens is 196 g/mol. The Morgan fingerprint density at radius 1 is 1.12 bits per heavy atom. The maximum atomic E-state index is 6.41. The average Bonchev–Trinajstić information content (AvgIpc) is 2.59. The smallest absolute Gasteiger partial charge is 0.0166 e. The molecule has 1 aliphatic carbocycles. The van der Waals surface area contributed by atoms with Gasteiger partial charge in [0.15, 0.2) is 0 Å². The topological polar surface area (TPSA) is 29.3 Å². The molecule has 1 rings (SSSR count). The SMILES string of the molecule is CC(C)CN(CCC1(N)CCCC1)C(C)C. The molecule has 96 valence electrons. The van der Waals surface area contributed by atoms with E-state index in [0.29, 0.717) is 6.04 Å². The Kier molecular flexibility index (Phi) is 5.26. The van der Waals surface area contributed by atoms with Gasteiger partial charge < -0.3 is 10.6 Å². The minimum Gasteiger partial charge on any atom is -0.325 e. The fourth-order valence-electron chi connectivity index (χ4n) is 2.72. The predicted molar refractivity (Wildman–Crippen MR) is 71.6 cm³/mol. The standard InChI is InChI=1S/C14H30N2/c1-12(2)11-16(13(3)4)10-9-14(15)7-5-6-8-14/h12-13H,5-11,15H2,1-4H3. The van der Waals surface area contributed by atoms with Crippen LogP contribution in [0.25, 0.3) is 0 Å². The largest absolute Gasteiger partial charge is 0.325 e. The lowest BCUT2D eigenvalue weighted by Gasteiger charge is -2.32. The molecule has 0 aromatic heterocycles. The van der Waals surface area contributed by atoms with E-state index in [1.165, 1.54) is 45.2 Å². The minimum absolute atomic E-state index is 0.157. The molecule has 0 atom stereocenters. The van der Waals surface area contributed by atoms with Gasteiger partial charge in [0.1, 0.15) is 0 Å². The van der Waals surface area contributed by atoms with Crippen LogP contribution in [-0.2, 0) is 0 Å². The van der Waals surface area contributed by atoms with Crippen LogP contribution in [0.15, 0.2) is 0 Å². The highest BCUT2D eigenvalue weighted by Gasteiger charge is 2.29. The van der Waals surface area contributed by atoms with E-state index in [2.05, 4.69) is 32.6 Å². The van der Waals surface area contributed by atoms with Crippen molar-refractivity contribution in [1.29, 1.82) is 0 Å². The van der Waals surface area contributed by atoms with Crippen LogP contribution in [0, 0.1) is 5.92 Å². The minimum atomic E-state index is 0.157. The zero-order valence-electron chi connectivity index (χ0n) is 11.6. The van der Waals surface area contributed by atoms with Crippen molar-refractivity contribution in [3.63, 3.8) is 0 Å². The Bertz CT molecular complexity index is 193. The number of hydrogen-bond acceptors (Lipinski definition) is 2. The second-order valence-electron chi connectivity index (χ2n) is 6.30. The van der Waals surface area contributed by atoms with Crippen molar-refractivity contribution in [3.8, 4) is 0 Å². The van der Waals surface area contributed by atoms with Crippen LogP contribution in [0.1, 0.15) is 59.8 Å². The molecule has 16 heavy (non-hydrogen) atoms. The highest BCUT2D eigenvalue weighted by molar-refractivity contribution is 4.90. The predicted octanol–water partition coefficient (Wildman–Crippen LogP) is 3.01. The van der Waals surface area contributed by atoms with Crippen molar-refractivity contribution < 1.29 is 0 Å². The fraction of sp³-hybridized carbons (Fsp3) is 1.00. The van der Waals surface area contributed by atoms with Gasteiger partial charge in [-0.15, -0.1) is 0 Å². The molecule has 0 aromatic rings. The molecule has 1 aliphatic rings. The highest BCUT2D eigenvalue weighted by atomic mass is 15.1. The Balaban J connectivity index is 2.37. The molecular formula is C14H30N2. The van der Waals surface area contributed by atoms with Crippen LogP contribution in [0.3, 0.4) is 0 Å². The third-order valence-electron chi connectivity index (χ3n) is 3.83. The third-order valence-corrected chi connectivity index (χ3v) is 3.83. The van der Waals surface area contributed by atoms with E-state index < -0.39 is 0 Å². The molecule has 0 radical (unpaired) electrons. The van der Waals surface area contributed by atoms with Crippen LogP contribution >= 0.6 is 0 Å². The van der Waals surface area contributed by atoms with E-state index in [0.717, 1.165) is 5.92 Å². The Morgan fingerprint density at radius 3 is 2.12 bits per heavy atom. The molecule has 2 heteroatoms. The third kappa shape index (κ3) is 4.42. The van der Waals surface area contributed by atoms with E-state index in [1.54, 1.807) is 0 Å². The maximum absolute atomic E-state index is 6.41. The van der Waals surface area contributed by atoms with Crippen molar-refractivity contribution in [1.82, 2.24) is 4.90 Å². The van der Waals surface area contributed by atoms with Crippen LogP contribution in [-0.4, -0.2) is 29.6 Å². The summed E-state index contributed by atoms with van der Waals surface area (Å²) in [5.41, 5.74) is 6.57. The molecule has 0 spiro atoms. The fourth-order valence-corrected chi connectivity index (χ4v) is 2.72. The Labute approximate surface area is 102 Å². The Morgan fingerprint density at radius 2 is 1.69 bits per heavy atom. The molecule has 1 fully saturated rings. The van der Waals surface area contributed by atoms with Gasteiger partial charge >= 0.3 is 0 Å². The van der Waals surface area contributed by atoms with Crippen molar-refractivity contribution in [2.75, 3.05) is 13.1 Å². The summed E-state index contributed by atoms with van der Waals surface area (Å²) in [6.07, 6.45) is 6.32. The summed E-state index contributed by atoms with van der Waals surface area (Å²) in [5.74, 6) is 0.750. The summed E-state index contributed by atoms with van der Waals surface area (Å²) in [6, 6.07) is 0.646. The first-order valence-electron chi connectivity index (χ1n) is 6.96. The first-order chi connectivity index (χ1) is 7.43. The van der Waals surface area contributed by atoms with Crippen LogP contribution < -0.4 is 5.73 Å². The summed E-state index contributed by atoms with van der Waals surface area (Å²) in [6.45, 7) is 11.5. The monoisotopic (exact) mass is 226 g/mol. The molecule has 2 nitrogen and oxygen atoms in total. The van der Waals surface area contributed by atoms with Gasteiger partial charge in [-0.25, -0.2) is 0 Å². The van der Waals surface area contributed by atoms with E-state index in [-0.39, 0.29) is 5.54 Å². The highest BCUT2D eigenvalue weighted by Crippen LogP contribution is 2.30. The van der Waals surface area contributed by atoms with Crippen LogP contribution in [0.4, 0.5) is 0 Å². The summed E-state index contributed by atoms with van der Waals surface area (Å²) >= 11 is 0. The summed E-state index contributed by atoms with van der Waals surface area (Å²) < 4.78 is 0. The molecule has 0 aromatic carbocycles. The molecule has 2 N–H and O–H groups in total. The first-order valence-corrected chi connectivity index (χ1v) is 6.96. The summed E-state index contributed by atoms with van der Waals surface area (Å²) in [7, 11) is 0. The van der Waals surface area contributed by atoms with Gasteiger partial charge in [-0.1, -0.05) is 26.7 Å². The molecule has 0 aliphatic heterocycles. The van der Waals surface area contributed by atoms with Gasteiger partial charge in [0, 0.05) is 24.7 Å². The lowest BCUT2D eigenvalue weighted by atomic mass is 9.94. The van der Waals surface area contributed by atoms with E-state index >= 15 is 0 Å². The van der Waals surface area contributed by atoms with Crippen molar-refractivity contribution >= 4 is 0 Å². The van der Waals surface area contributed by atoms with Gasteiger partial charge in [0.2, 0.25) is 0 Å². The average molecular weight is 226 g/mol. The zero-order valence-corrected chi connectivity index (χ0v) is 11.6.